The van der Waals surface area contributed by atoms with Crippen LogP contribution in [0.1, 0.15) is 18.9 Å². The number of amidine groups is 1. The molecule has 32 heavy (non-hydrogen) atoms. The molecule has 0 bridgehead atoms. The van der Waals surface area contributed by atoms with Crippen molar-refractivity contribution in [1.82, 2.24) is 4.72 Å². The number of carbonyl (C=O) groups excluding carboxylic acids is 2. The molecule has 0 saturated heterocycles. The quantitative estimate of drug-likeness (QED) is 0.560. The van der Waals surface area contributed by atoms with E-state index in [9.17, 15) is 18.0 Å². The second kappa shape index (κ2) is 8.80. The first-order valence-electron chi connectivity index (χ1n) is 9.99. The smallest absolute Gasteiger partial charge is 0.308 e. The molecule has 0 fully saturated rings. The monoisotopic (exact) mass is 451 g/mol. The van der Waals surface area contributed by atoms with Crippen molar-refractivity contribution < 1.29 is 22.7 Å². The molecule has 0 spiro atoms. The van der Waals surface area contributed by atoms with Gasteiger partial charge in [-0.05, 0) is 42.0 Å². The van der Waals surface area contributed by atoms with Crippen molar-refractivity contribution in [2.24, 2.45) is 4.99 Å². The zero-order chi connectivity index (χ0) is 22.7. The van der Waals surface area contributed by atoms with E-state index in [0.717, 1.165) is 10.8 Å². The zero-order valence-electron chi connectivity index (χ0n) is 17.2. The van der Waals surface area contributed by atoms with Crippen LogP contribution < -0.4 is 10.0 Å². The molecule has 0 radical (unpaired) electrons. The summed E-state index contributed by atoms with van der Waals surface area (Å²) in [7, 11) is -3.63. The minimum atomic E-state index is -3.63. The number of rotatable bonds is 6. The van der Waals surface area contributed by atoms with Crippen LogP contribution >= 0.6 is 0 Å². The lowest BCUT2D eigenvalue weighted by Crippen LogP contribution is -2.30. The highest BCUT2D eigenvalue weighted by molar-refractivity contribution is 7.90. The summed E-state index contributed by atoms with van der Waals surface area (Å²) in [5.74, 6) is -0.863. The Labute approximate surface area is 185 Å². The van der Waals surface area contributed by atoms with Gasteiger partial charge < -0.3 is 10.1 Å². The zero-order valence-corrected chi connectivity index (χ0v) is 18.1. The Bertz CT molecular complexity index is 1330. The van der Waals surface area contributed by atoms with E-state index in [2.05, 4.69) is 15.0 Å². The topological polar surface area (TPSA) is 114 Å². The van der Waals surface area contributed by atoms with Gasteiger partial charge in [-0.1, -0.05) is 42.5 Å². The lowest BCUT2D eigenvalue weighted by atomic mass is 10.1. The molecule has 8 nitrogen and oxygen atoms in total. The highest BCUT2D eigenvalue weighted by Gasteiger charge is 2.30. The number of nitrogens with one attached hydrogen (secondary N) is 2. The largest absolute Gasteiger partial charge is 0.452 e. The maximum Gasteiger partial charge on any atom is 0.308 e. The first kappa shape index (κ1) is 21.5. The van der Waals surface area contributed by atoms with Crippen molar-refractivity contribution >= 4 is 44.2 Å². The van der Waals surface area contributed by atoms with E-state index in [4.69, 9.17) is 4.74 Å². The van der Waals surface area contributed by atoms with E-state index in [1.165, 1.54) is 13.0 Å². The number of anilines is 1. The number of benzene rings is 3. The molecule has 0 aliphatic carbocycles. The van der Waals surface area contributed by atoms with E-state index in [1.54, 1.807) is 24.3 Å². The third-order valence-electron chi connectivity index (χ3n) is 4.94. The molecule has 3 aromatic carbocycles. The third-order valence-corrected chi connectivity index (χ3v) is 6.34. The van der Waals surface area contributed by atoms with E-state index in [0.29, 0.717) is 11.3 Å². The van der Waals surface area contributed by atoms with Crippen LogP contribution in [0.3, 0.4) is 0 Å². The second-order valence-corrected chi connectivity index (χ2v) is 8.92. The molecule has 1 heterocycles. The number of ether oxygens (including phenoxy) is 1. The molecule has 1 unspecified atom stereocenters. The molecular weight excluding hydrogens is 430 g/mol. The molecule has 4 rings (SSSR count). The average molecular weight is 452 g/mol. The number of sulfonamides is 1. The van der Waals surface area contributed by atoms with Crippen LogP contribution in [0, 0.1) is 0 Å². The van der Waals surface area contributed by atoms with Crippen molar-refractivity contribution in [3.63, 3.8) is 0 Å². The van der Waals surface area contributed by atoms with Crippen LogP contribution in [0.15, 0.2) is 76.6 Å². The molecule has 1 amide bonds. The fourth-order valence-corrected chi connectivity index (χ4v) is 4.58. The maximum atomic E-state index is 12.4. The SMILES string of the molecule is CC(OC(=O)CCN=C1NS(=O)(=O)c2ccccc21)C(=O)Nc1ccc2ccccc2c1. The summed E-state index contributed by atoms with van der Waals surface area (Å²) in [5.41, 5.74) is 1.07. The highest BCUT2D eigenvalue weighted by Crippen LogP contribution is 2.22. The van der Waals surface area contributed by atoms with Gasteiger partial charge in [0.25, 0.3) is 15.9 Å². The molecule has 1 aliphatic heterocycles. The Kier molecular flexibility index (Phi) is 5.91. The van der Waals surface area contributed by atoms with Crippen molar-refractivity contribution in [3.05, 3.63) is 72.3 Å². The number of amides is 1. The van der Waals surface area contributed by atoms with Crippen molar-refractivity contribution in [2.45, 2.75) is 24.3 Å². The molecule has 3 aromatic rings. The van der Waals surface area contributed by atoms with Crippen LogP contribution in [0.4, 0.5) is 5.69 Å². The van der Waals surface area contributed by atoms with Crippen molar-refractivity contribution in [1.29, 1.82) is 0 Å². The lowest BCUT2D eigenvalue weighted by Gasteiger charge is -2.13. The summed E-state index contributed by atoms with van der Waals surface area (Å²) >= 11 is 0. The van der Waals surface area contributed by atoms with E-state index in [-0.39, 0.29) is 23.7 Å². The number of esters is 1. The van der Waals surface area contributed by atoms with Crippen LogP contribution in [0.2, 0.25) is 0 Å². The van der Waals surface area contributed by atoms with Crippen molar-refractivity contribution in [2.75, 3.05) is 11.9 Å². The van der Waals surface area contributed by atoms with Gasteiger partial charge in [-0.2, -0.15) is 0 Å². The van der Waals surface area contributed by atoms with Gasteiger partial charge in [0.05, 0.1) is 17.9 Å². The Morgan fingerprint density at radius 1 is 1.03 bits per heavy atom. The van der Waals surface area contributed by atoms with E-state index in [1.807, 2.05) is 36.4 Å². The summed E-state index contributed by atoms with van der Waals surface area (Å²) in [6.45, 7) is 1.51. The molecule has 1 aliphatic rings. The van der Waals surface area contributed by atoms with Crippen LogP contribution in [-0.2, 0) is 24.3 Å². The molecule has 2 N–H and O–H groups in total. The molecule has 0 saturated carbocycles. The molecule has 9 heteroatoms. The fourth-order valence-electron chi connectivity index (χ4n) is 3.33. The Morgan fingerprint density at radius 2 is 1.75 bits per heavy atom. The Hall–Kier alpha value is -3.72. The molecular formula is C23H21N3O5S. The third kappa shape index (κ3) is 4.62. The highest BCUT2D eigenvalue weighted by atomic mass is 32.2. The van der Waals surface area contributed by atoms with Gasteiger partial charge in [-0.15, -0.1) is 0 Å². The first-order chi connectivity index (χ1) is 15.3. The van der Waals surface area contributed by atoms with E-state index < -0.39 is 28.0 Å². The van der Waals surface area contributed by atoms with Gasteiger partial charge in [0.2, 0.25) is 0 Å². The minimum absolute atomic E-state index is 0.0179. The normalized spacial score (nSPS) is 16.2. The fraction of sp³-hybridized carbons (Fsp3) is 0.174. The summed E-state index contributed by atoms with van der Waals surface area (Å²) in [6, 6.07) is 19.8. The van der Waals surface area contributed by atoms with Gasteiger partial charge >= 0.3 is 5.97 Å². The number of hydrogen-bond donors (Lipinski definition) is 2. The standard InChI is InChI=1S/C23H21N3O5S/c1-15(23(28)25-18-11-10-16-6-2-3-7-17(16)14-18)31-21(27)12-13-24-22-19-8-4-5-9-20(19)32(29,30)26-22/h2-11,14-15H,12-13H2,1H3,(H,24,26)(H,25,28). The summed E-state index contributed by atoms with van der Waals surface area (Å²) in [5, 5.41) is 4.78. The van der Waals surface area contributed by atoms with Crippen LogP contribution in [0.5, 0.6) is 0 Å². The van der Waals surface area contributed by atoms with Crippen LogP contribution in [-0.4, -0.2) is 38.8 Å². The Morgan fingerprint density at radius 3 is 2.56 bits per heavy atom. The first-order valence-corrected chi connectivity index (χ1v) is 11.5. The van der Waals surface area contributed by atoms with E-state index >= 15 is 0 Å². The summed E-state index contributed by atoms with van der Waals surface area (Å²) < 4.78 is 31.7. The summed E-state index contributed by atoms with van der Waals surface area (Å²) in [6.07, 6.45) is -1.09. The van der Waals surface area contributed by atoms with Gasteiger partial charge in [0.1, 0.15) is 5.84 Å². The average Bonchev–Trinajstić information content (AvgIpc) is 3.04. The predicted molar refractivity (Wildman–Crippen MR) is 121 cm³/mol. The van der Waals surface area contributed by atoms with Gasteiger partial charge in [0.15, 0.2) is 6.10 Å². The summed E-state index contributed by atoms with van der Waals surface area (Å²) in [4.78, 5) is 28.8. The van der Waals surface area contributed by atoms with Gasteiger partial charge in [0, 0.05) is 11.3 Å². The number of aliphatic imine (C=N–C) groups is 1. The predicted octanol–water partition coefficient (Wildman–Crippen LogP) is 2.84. The maximum absolute atomic E-state index is 12.4. The minimum Gasteiger partial charge on any atom is -0.452 e. The molecule has 0 aromatic heterocycles. The molecule has 1 atom stereocenters. The lowest BCUT2D eigenvalue weighted by molar-refractivity contribution is -0.152. The number of nitrogens with zero attached hydrogens (tertiary/aromatic N) is 1. The number of hydrogen-bond acceptors (Lipinski definition) is 6. The van der Waals surface area contributed by atoms with Gasteiger partial charge in [-0.3, -0.25) is 19.3 Å². The van der Waals surface area contributed by atoms with Crippen molar-refractivity contribution in [3.8, 4) is 0 Å². The van der Waals surface area contributed by atoms with Crippen LogP contribution in [0.25, 0.3) is 10.8 Å². The molecule has 164 valence electrons. The number of fused-ring (bicyclic) bond motifs is 2. The number of carbonyl (C=O) groups is 2. The second-order valence-electron chi connectivity index (χ2n) is 7.27. The van der Waals surface area contributed by atoms with Gasteiger partial charge in [-0.25, -0.2) is 8.42 Å². The Balaban J connectivity index is 1.31.